The van der Waals surface area contributed by atoms with Crippen molar-refractivity contribution in [3.63, 3.8) is 0 Å². The maximum absolute atomic E-state index is 14.4. The van der Waals surface area contributed by atoms with Crippen molar-refractivity contribution < 1.29 is 37.1 Å². The van der Waals surface area contributed by atoms with Crippen molar-refractivity contribution >= 4 is 56.2 Å². The van der Waals surface area contributed by atoms with Crippen LogP contribution in [0.15, 0.2) is 43.1 Å². The summed E-state index contributed by atoms with van der Waals surface area (Å²) in [6.45, 7) is 14.1. The molecule has 49 heavy (non-hydrogen) atoms. The topological polar surface area (TPSA) is 173 Å². The minimum Gasteiger partial charge on any atom is -0.472 e. The summed E-state index contributed by atoms with van der Waals surface area (Å²) in [4.78, 5) is 60.5. The number of likely N-dealkylation sites (tertiary alicyclic amines) is 1. The summed E-state index contributed by atoms with van der Waals surface area (Å²) in [5.74, 6) is -2.36. The van der Waals surface area contributed by atoms with E-state index in [1.807, 2.05) is 0 Å². The molecule has 2 heterocycles. The Morgan fingerprint density at radius 2 is 1.80 bits per heavy atom. The molecular formula is C34H44ClN5O8S. The number of alkyl carbamates (subject to hydrolysis) is 1. The zero-order valence-corrected chi connectivity index (χ0v) is 30.1. The van der Waals surface area contributed by atoms with Crippen molar-refractivity contribution in [3.05, 3.63) is 48.1 Å². The van der Waals surface area contributed by atoms with Gasteiger partial charge in [0.15, 0.2) is 0 Å². The summed E-state index contributed by atoms with van der Waals surface area (Å²) >= 11 is 6.40. The van der Waals surface area contributed by atoms with Crippen LogP contribution in [0.1, 0.15) is 67.2 Å². The van der Waals surface area contributed by atoms with Gasteiger partial charge in [-0.1, -0.05) is 44.5 Å². The molecule has 4 amide bonds. The maximum atomic E-state index is 14.4. The predicted octanol–water partition coefficient (Wildman–Crippen LogP) is 3.85. The van der Waals surface area contributed by atoms with Crippen molar-refractivity contribution in [2.24, 2.45) is 11.3 Å². The van der Waals surface area contributed by atoms with Crippen LogP contribution in [0.2, 0.25) is 5.02 Å². The van der Waals surface area contributed by atoms with Gasteiger partial charge >= 0.3 is 6.09 Å². The van der Waals surface area contributed by atoms with Crippen LogP contribution in [0.25, 0.3) is 10.8 Å². The Balaban J connectivity index is 1.44. The van der Waals surface area contributed by atoms with E-state index < -0.39 is 79.7 Å². The zero-order valence-electron chi connectivity index (χ0n) is 28.5. The summed E-state index contributed by atoms with van der Waals surface area (Å²) in [6, 6.07) is 4.78. The van der Waals surface area contributed by atoms with Crippen LogP contribution in [0.3, 0.4) is 0 Å². The number of aromatic nitrogens is 1. The first-order valence-corrected chi connectivity index (χ1v) is 18.2. The fourth-order valence-electron chi connectivity index (χ4n) is 6.03. The lowest BCUT2D eigenvalue weighted by Gasteiger charge is -2.36. The Morgan fingerprint density at radius 3 is 2.39 bits per heavy atom. The van der Waals surface area contributed by atoms with E-state index in [4.69, 9.17) is 21.1 Å². The summed E-state index contributed by atoms with van der Waals surface area (Å²) < 4.78 is 39.2. The second kappa shape index (κ2) is 13.1. The van der Waals surface area contributed by atoms with Crippen LogP contribution in [-0.2, 0) is 29.1 Å². The Hall–Kier alpha value is -3.91. The molecule has 3 aliphatic rings. The number of fused-ring (bicyclic) bond motifs is 1. The Kier molecular flexibility index (Phi) is 9.71. The van der Waals surface area contributed by atoms with Gasteiger partial charge in [0.2, 0.25) is 27.7 Å². The van der Waals surface area contributed by atoms with Crippen molar-refractivity contribution in [2.75, 3.05) is 6.54 Å². The lowest BCUT2D eigenvalue weighted by molar-refractivity contribution is -0.143. The molecule has 1 saturated heterocycles. The number of carbonyl (C=O) groups excluding carboxylic acids is 4. The van der Waals surface area contributed by atoms with E-state index >= 15 is 0 Å². The standard InChI is InChI=1S/C34H44ClN5O8S/c1-8-19-17-34(19,30(43)39-49(45,46)21-12-13-21)38-27(41)25-16-20(47-28-23-10-9-11-24(35)22(23)14-15-36-28)18-40(25)29(42)26(32(2,3)4)37-31(44)48-33(5,6)7/h8-11,14-15,19-21,25-26H,1,12-13,16-18H2,2-7H3,(H,37,44)(H,38,41)(H,39,43)/t19-,20-,25+,26-,34-/m1/s1. The molecule has 2 aliphatic carbocycles. The molecule has 3 N–H and O–H groups in total. The van der Waals surface area contributed by atoms with Gasteiger partial charge in [0.05, 0.1) is 11.8 Å². The SMILES string of the molecule is C=C[C@@H]1C[C@]1(NC(=O)[C@@H]1C[C@@H](Oc2nccc3c(Cl)cccc23)CN1C(=O)[C@@H](NC(=O)OC(C)(C)C)C(C)(C)C)C(=O)NS(=O)(=O)C1CC1. The van der Waals surface area contributed by atoms with Crippen LogP contribution in [0.4, 0.5) is 4.79 Å². The quantitative estimate of drug-likeness (QED) is 0.309. The molecule has 5 rings (SSSR count). The van der Waals surface area contributed by atoms with Gasteiger partial charge < -0.3 is 25.0 Å². The average Bonchev–Trinajstić information content (AvgIpc) is 3.91. The van der Waals surface area contributed by atoms with Gasteiger partial charge in [0.1, 0.15) is 29.3 Å². The summed E-state index contributed by atoms with van der Waals surface area (Å²) in [5.41, 5.74) is -3.20. The molecule has 0 bridgehead atoms. The molecule has 1 aromatic heterocycles. The Labute approximate surface area is 291 Å². The molecule has 0 unspecified atom stereocenters. The molecule has 15 heteroatoms. The fraction of sp³-hybridized carbons (Fsp3) is 0.559. The monoisotopic (exact) mass is 717 g/mol. The smallest absolute Gasteiger partial charge is 0.408 e. The van der Waals surface area contributed by atoms with E-state index in [1.165, 1.54) is 11.0 Å². The summed E-state index contributed by atoms with van der Waals surface area (Å²) in [5, 5.41) is 6.66. The summed E-state index contributed by atoms with van der Waals surface area (Å²) in [7, 11) is -3.89. The van der Waals surface area contributed by atoms with Gasteiger partial charge in [-0.2, -0.15) is 0 Å². The number of rotatable bonds is 10. The van der Waals surface area contributed by atoms with Crippen LogP contribution < -0.4 is 20.1 Å². The highest BCUT2D eigenvalue weighted by atomic mass is 35.5. The second-order valence-electron chi connectivity index (χ2n) is 15.1. The van der Waals surface area contributed by atoms with E-state index in [9.17, 15) is 27.6 Å². The number of hydrogen-bond donors (Lipinski definition) is 3. The second-order valence-corrected chi connectivity index (χ2v) is 17.4. The molecule has 3 fully saturated rings. The lowest BCUT2D eigenvalue weighted by atomic mass is 9.85. The van der Waals surface area contributed by atoms with Crippen LogP contribution in [-0.4, -0.2) is 83.2 Å². The van der Waals surface area contributed by atoms with Gasteiger partial charge in [-0.05, 0) is 63.6 Å². The van der Waals surface area contributed by atoms with Gasteiger partial charge in [0.25, 0.3) is 5.91 Å². The van der Waals surface area contributed by atoms with E-state index in [-0.39, 0.29) is 25.3 Å². The number of amides is 4. The molecule has 0 radical (unpaired) electrons. The van der Waals surface area contributed by atoms with Crippen molar-refractivity contribution in [3.8, 4) is 5.88 Å². The van der Waals surface area contributed by atoms with Crippen LogP contribution in [0, 0.1) is 11.3 Å². The largest absolute Gasteiger partial charge is 0.472 e. The third-order valence-corrected chi connectivity index (χ3v) is 11.0. The number of ether oxygens (including phenoxy) is 2. The van der Waals surface area contributed by atoms with Gasteiger partial charge in [-0.15, -0.1) is 6.58 Å². The number of sulfonamides is 1. The fourth-order valence-corrected chi connectivity index (χ4v) is 7.63. The number of nitrogens with one attached hydrogen (secondary N) is 3. The maximum Gasteiger partial charge on any atom is 0.408 e. The normalized spacial score (nSPS) is 24.5. The van der Waals surface area contributed by atoms with E-state index in [0.29, 0.717) is 28.6 Å². The minimum atomic E-state index is -3.89. The third kappa shape index (κ3) is 7.95. The molecule has 2 saturated carbocycles. The van der Waals surface area contributed by atoms with Gasteiger partial charge in [0, 0.05) is 34.3 Å². The first kappa shape index (κ1) is 36.4. The number of pyridine rings is 1. The number of halogens is 1. The van der Waals surface area contributed by atoms with E-state index in [0.717, 1.165) is 0 Å². The first-order valence-electron chi connectivity index (χ1n) is 16.3. The molecule has 2 aromatic rings. The number of carbonyl (C=O) groups is 4. The summed E-state index contributed by atoms with van der Waals surface area (Å²) in [6.07, 6.45) is 2.57. The highest BCUT2D eigenvalue weighted by Gasteiger charge is 2.62. The third-order valence-electron chi connectivity index (χ3n) is 8.87. The van der Waals surface area contributed by atoms with Gasteiger partial charge in [-0.3, -0.25) is 19.1 Å². The minimum absolute atomic E-state index is 0.0103. The highest BCUT2D eigenvalue weighted by molar-refractivity contribution is 7.91. The molecule has 5 atom stereocenters. The lowest BCUT2D eigenvalue weighted by Crippen LogP contribution is -2.60. The molecule has 13 nitrogen and oxygen atoms in total. The highest BCUT2D eigenvalue weighted by Crippen LogP contribution is 2.45. The average molecular weight is 718 g/mol. The number of benzene rings is 1. The predicted molar refractivity (Wildman–Crippen MR) is 183 cm³/mol. The van der Waals surface area contributed by atoms with E-state index in [2.05, 4.69) is 26.9 Å². The van der Waals surface area contributed by atoms with Crippen molar-refractivity contribution in [1.82, 2.24) is 25.2 Å². The van der Waals surface area contributed by atoms with E-state index in [1.54, 1.807) is 72.0 Å². The number of nitrogens with zero attached hydrogens (tertiary/aromatic N) is 2. The molecule has 1 aliphatic heterocycles. The molecule has 0 spiro atoms. The van der Waals surface area contributed by atoms with Crippen molar-refractivity contribution in [2.45, 2.75) is 102 Å². The van der Waals surface area contributed by atoms with Crippen LogP contribution in [0.5, 0.6) is 5.88 Å². The number of hydrogen-bond acceptors (Lipinski definition) is 9. The molecular weight excluding hydrogens is 674 g/mol. The first-order chi connectivity index (χ1) is 22.8. The Morgan fingerprint density at radius 1 is 1.10 bits per heavy atom. The van der Waals surface area contributed by atoms with Crippen molar-refractivity contribution in [1.29, 1.82) is 0 Å². The van der Waals surface area contributed by atoms with Crippen LogP contribution >= 0.6 is 11.6 Å². The molecule has 266 valence electrons. The Bertz CT molecular complexity index is 1780. The molecule has 1 aromatic carbocycles. The van der Waals surface area contributed by atoms with Gasteiger partial charge in [-0.25, -0.2) is 18.2 Å². The zero-order chi connectivity index (χ0) is 36.1.